The Labute approximate surface area is 207 Å². The minimum absolute atomic E-state index is 0.0191. The first-order valence-corrected chi connectivity index (χ1v) is 13.6. The van der Waals surface area contributed by atoms with Crippen molar-refractivity contribution in [3.8, 4) is 0 Å². The third-order valence-electron chi connectivity index (χ3n) is 7.21. The molecule has 1 spiro atoms. The molecule has 0 amide bonds. The van der Waals surface area contributed by atoms with Gasteiger partial charge >= 0.3 is 0 Å². The maximum atomic E-state index is 13.9. The lowest BCUT2D eigenvalue weighted by atomic mass is 9.58. The minimum atomic E-state index is -3.75. The molecule has 0 saturated carbocycles. The monoisotopic (exact) mass is 528 g/mol. The standard InChI is InChI=1S/C29H21BrO3S/c1-2-18-12-14-26-24(16-18)29(25-17-19(30)13-15-27(25)34(26,32)33)22-10-5-3-4-8-20(22)28(31)21-9-6-7-11-23(21)29/h3-9,11-17H,2,10H2,1H3. The van der Waals surface area contributed by atoms with E-state index in [1.165, 1.54) is 0 Å². The average Bonchev–Trinajstić information content (AvgIpc) is 3.10. The maximum Gasteiger partial charge on any atom is 0.207 e. The number of ketones is 1. The van der Waals surface area contributed by atoms with Gasteiger partial charge in [0.05, 0.1) is 15.2 Å². The molecular formula is C29H21BrO3S. The van der Waals surface area contributed by atoms with Gasteiger partial charge in [0.2, 0.25) is 9.84 Å². The summed E-state index contributed by atoms with van der Waals surface area (Å²) < 4.78 is 28.6. The number of fused-ring (bicyclic) bond motifs is 7. The summed E-state index contributed by atoms with van der Waals surface area (Å²) in [7, 11) is -3.75. The highest BCUT2D eigenvalue weighted by Crippen LogP contribution is 2.58. The highest BCUT2D eigenvalue weighted by Gasteiger charge is 2.53. The Morgan fingerprint density at radius 2 is 1.65 bits per heavy atom. The van der Waals surface area contributed by atoms with Crippen LogP contribution in [0.1, 0.15) is 46.0 Å². The summed E-state index contributed by atoms with van der Waals surface area (Å²) in [6, 6.07) is 18.7. The van der Waals surface area contributed by atoms with Crippen molar-refractivity contribution in [2.24, 2.45) is 0 Å². The van der Waals surface area contributed by atoms with Crippen LogP contribution in [0.3, 0.4) is 0 Å². The average molecular weight is 529 g/mol. The molecule has 0 saturated heterocycles. The van der Waals surface area contributed by atoms with Gasteiger partial charge in [0, 0.05) is 15.6 Å². The van der Waals surface area contributed by atoms with Gasteiger partial charge in [-0.1, -0.05) is 83.6 Å². The Morgan fingerprint density at radius 1 is 0.912 bits per heavy atom. The van der Waals surface area contributed by atoms with Gasteiger partial charge in [-0.3, -0.25) is 4.79 Å². The molecule has 0 bridgehead atoms. The summed E-state index contributed by atoms with van der Waals surface area (Å²) in [6.07, 6.45) is 9.10. The zero-order chi connectivity index (χ0) is 23.7. The first-order chi connectivity index (χ1) is 16.4. The molecule has 3 aromatic carbocycles. The summed E-state index contributed by atoms with van der Waals surface area (Å²) in [4.78, 5) is 14.3. The Morgan fingerprint density at radius 3 is 2.44 bits per heavy atom. The molecule has 1 atom stereocenters. The Bertz CT molecular complexity index is 1610. The van der Waals surface area contributed by atoms with Crippen molar-refractivity contribution in [2.75, 3.05) is 0 Å². The van der Waals surface area contributed by atoms with Gasteiger partial charge in [-0.2, -0.15) is 0 Å². The van der Waals surface area contributed by atoms with Crippen LogP contribution in [-0.4, -0.2) is 14.2 Å². The number of aryl methyl sites for hydroxylation is 1. The first kappa shape index (κ1) is 21.5. The van der Waals surface area contributed by atoms with E-state index in [0.717, 1.165) is 33.2 Å². The number of benzene rings is 3. The maximum absolute atomic E-state index is 13.9. The van der Waals surface area contributed by atoms with Gasteiger partial charge < -0.3 is 0 Å². The molecule has 0 radical (unpaired) electrons. The number of allylic oxidation sites excluding steroid dienone is 6. The van der Waals surface area contributed by atoms with E-state index in [2.05, 4.69) is 22.9 Å². The minimum Gasteiger partial charge on any atom is -0.289 e. The summed E-state index contributed by atoms with van der Waals surface area (Å²) in [5, 5.41) is 0. The molecule has 3 nitrogen and oxygen atoms in total. The van der Waals surface area contributed by atoms with E-state index in [0.29, 0.717) is 32.9 Å². The molecule has 6 rings (SSSR count). The SMILES string of the molecule is CCc1ccc2c(c1)C1(C3=C(C=CC=CC3)C(=O)c3ccccc31)c1cc(Br)ccc1S2(=O)=O. The molecule has 2 aliphatic carbocycles. The lowest BCUT2D eigenvalue weighted by molar-refractivity contribution is 0.103. The van der Waals surface area contributed by atoms with Crippen molar-refractivity contribution in [1.82, 2.24) is 0 Å². The number of halogens is 1. The fraction of sp³-hybridized carbons (Fsp3) is 0.138. The smallest absolute Gasteiger partial charge is 0.207 e. The molecule has 3 aliphatic rings. The van der Waals surface area contributed by atoms with Gasteiger partial charge in [0.15, 0.2) is 5.78 Å². The second-order valence-electron chi connectivity index (χ2n) is 8.84. The topological polar surface area (TPSA) is 51.2 Å². The predicted molar refractivity (Wildman–Crippen MR) is 136 cm³/mol. The molecule has 1 aliphatic heterocycles. The summed E-state index contributed by atoms with van der Waals surface area (Å²) in [6.45, 7) is 2.07. The quantitative estimate of drug-likeness (QED) is 0.362. The zero-order valence-corrected chi connectivity index (χ0v) is 20.9. The van der Waals surface area contributed by atoms with E-state index in [4.69, 9.17) is 0 Å². The lowest BCUT2D eigenvalue weighted by Crippen LogP contribution is -2.42. The molecule has 5 heteroatoms. The van der Waals surface area contributed by atoms with Crippen molar-refractivity contribution in [1.29, 1.82) is 0 Å². The number of carbonyl (C=O) groups is 1. The second kappa shape index (κ2) is 7.49. The van der Waals surface area contributed by atoms with Crippen LogP contribution in [0.2, 0.25) is 0 Å². The Hall–Kier alpha value is -3.02. The van der Waals surface area contributed by atoms with Crippen LogP contribution < -0.4 is 0 Å². The number of Topliss-reactive ketones (excluding diaryl/α,β-unsaturated/α-hetero) is 1. The van der Waals surface area contributed by atoms with Crippen LogP contribution in [-0.2, 0) is 21.7 Å². The van der Waals surface area contributed by atoms with Crippen LogP contribution in [0.15, 0.2) is 110 Å². The molecule has 1 heterocycles. The van der Waals surface area contributed by atoms with E-state index in [1.807, 2.05) is 66.8 Å². The lowest BCUT2D eigenvalue weighted by Gasteiger charge is -2.46. The number of sulfone groups is 1. The van der Waals surface area contributed by atoms with Gasteiger partial charge in [-0.25, -0.2) is 8.42 Å². The molecule has 0 fully saturated rings. The largest absolute Gasteiger partial charge is 0.289 e. The van der Waals surface area contributed by atoms with Gasteiger partial charge in [0.1, 0.15) is 0 Å². The van der Waals surface area contributed by atoms with E-state index < -0.39 is 15.3 Å². The van der Waals surface area contributed by atoms with E-state index in [1.54, 1.807) is 18.2 Å². The fourth-order valence-electron chi connectivity index (χ4n) is 5.74. The summed E-state index contributed by atoms with van der Waals surface area (Å²) in [5.74, 6) is -0.0191. The molecule has 0 aromatic heterocycles. The van der Waals surface area contributed by atoms with Crippen molar-refractivity contribution in [3.05, 3.63) is 128 Å². The molecule has 1 unspecified atom stereocenters. The third kappa shape index (κ3) is 2.68. The highest BCUT2D eigenvalue weighted by atomic mass is 79.9. The Kier molecular flexibility index (Phi) is 4.74. The van der Waals surface area contributed by atoms with Crippen LogP contribution >= 0.6 is 15.9 Å². The predicted octanol–water partition coefficient (Wildman–Crippen LogP) is 6.50. The van der Waals surface area contributed by atoms with Crippen molar-refractivity contribution < 1.29 is 13.2 Å². The highest BCUT2D eigenvalue weighted by molar-refractivity contribution is 9.10. The van der Waals surface area contributed by atoms with Crippen molar-refractivity contribution >= 4 is 31.6 Å². The van der Waals surface area contributed by atoms with Crippen LogP contribution in [0, 0.1) is 0 Å². The molecule has 34 heavy (non-hydrogen) atoms. The van der Waals surface area contributed by atoms with E-state index in [-0.39, 0.29) is 5.78 Å². The molecule has 168 valence electrons. The first-order valence-electron chi connectivity index (χ1n) is 11.3. The van der Waals surface area contributed by atoms with Gasteiger partial charge in [0.25, 0.3) is 0 Å². The zero-order valence-electron chi connectivity index (χ0n) is 18.5. The second-order valence-corrected chi connectivity index (χ2v) is 11.6. The summed E-state index contributed by atoms with van der Waals surface area (Å²) in [5.41, 5.74) is 4.60. The van der Waals surface area contributed by atoms with Crippen LogP contribution in [0.4, 0.5) is 0 Å². The summed E-state index contributed by atoms with van der Waals surface area (Å²) >= 11 is 3.60. The van der Waals surface area contributed by atoms with Crippen molar-refractivity contribution in [2.45, 2.75) is 35.0 Å². The normalized spacial score (nSPS) is 21.5. The fourth-order valence-corrected chi connectivity index (χ4v) is 7.84. The van der Waals surface area contributed by atoms with Crippen LogP contribution in [0.5, 0.6) is 0 Å². The molecule has 3 aromatic rings. The number of hydrogen-bond acceptors (Lipinski definition) is 3. The Balaban J connectivity index is 1.91. The van der Waals surface area contributed by atoms with E-state index >= 15 is 0 Å². The van der Waals surface area contributed by atoms with Crippen molar-refractivity contribution in [3.63, 3.8) is 0 Å². The van der Waals surface area contributed by atoms with Gasteiger partial charge in [-0.15, -0.1) is 0 Å². The number of rotatable bonds is 1. The van der Waals surface area contributed by atoms with E-state index in [9.17, 15) is 13.2 Å². The number of hydrogen-bond donors (Lipinski definition) is 0. The number of carbonyl (C=O) groups excluding carboxylic acids is 1. The van der Waals surface area contributed by atoms with Gasteiger partial charge in [-0.05, 0) is 64.9 Å². The molecular weight excluding hydrogens is 508 g/mol. The third-order valence-corrected chi connectivity index (χ3v) is 9.57. The van der Waals surface area contributed by atoms with Crippen LogP contribution in [0.25, 0.3) is 0 Å². The molecule has 0 N–H and O–H groups in total.